The molecule has 0 atom stereocenters. The maximum absolute atomic E-state index is 11.2. The van der Waals surface area contributed by atoms with Gasteiger partial charge in [-0.15, -0.1) is 0 Å². The van der Waals surface area contributed by atoms with E-state index in [2.05, 4.69) is 0 Å². The predicted molar refractivity (Wildman–Crippen MR) is 54.1 cm³/mol. The van der Waals surface area contributed by atoms with Crippen LogP contribution in [0.1, 0.15) is 23.7 Å². The molecule has 1 aromatic rings. The van der Waals surface area contributed by atoms with Crippen molar-refractivity contribution in [2.75, 3.05) is 0 Å². The highest BCUT2D eigenvalue weighted by Gasteiger charge is 2.10. The van der Waals surface area contributed by atoms with Crippen LogP contribution in [0.3, 0.4) is 0 Å². The molecule has 0 spiro atoms. The van der Waals surface area contributed by atoms with Crippen molar-refractivity contribution in [3.8, 4) is 0 Å². The van der Waals surface area contributed by atoms with Gasteiger partial charge in [-0.1, -0.05) is 19.1 Å². The van der Waals surface area contributed by atoms with Gasteiger partial charge in [0.2, 0.25) is 0 Å². The number of Topliss-reactive ketones (excluding diaryl/α,β-unsaturated/α-hetero) is 1. The molecule has 0 heterocycles. The summed E-state index contributed by atoms with van der Waals surface area (Å²) in [6.45, 7) is 1.74. The van der Waals surface area contributed by atoms with Gasteiger partial charge in [0.15, 0.2) is 5.78 Å². The molecule has 0 aliphatic heterocycles. The van der Waals surface area contributed by atoms with Crippen molar-refractivity contribution >= 4 is 25.5 Å². The van der Waals surface area contributed by atoms with E-state index in [-0.39, 0.29) is 10.7 Å². The summed E-state index contributed by atoms with van der Waals surface area (Å²) in [5.74, 6) is -0.0245. The zero-order valence-corrected chi connectivity index (χ0v) is 9.10. The molecule has 0 saturated carbocycles. The number of halogens is 1. The first-order valence-electron chi connectivity index (χ1n) is 4.03. The molecule has 3 nitrogen and oxygen atoms in total. The lowest BCUT2D eigenvalue weighted by atomic mass is 10.1. The van der Waals surface area contributed by atoms with E-state index in [1.54, 1.807) is 6.92 Å². The van der Waals surface area contributed by atoms with Gasteiger partial charge in [-0.05, 0) is 12.1 Å². The van der Waals surface area contributed by atoms with Gasteiger partial charge in [0.05, 0.1) is 4.90 Å². The van der Waals surface area contributed by atoms with Crippen molar-refractivity contribution in [2.24, 2.45) is 0 Å². The standard InChI is InChI=1S/C9H9ClO3S/c1-2-9(11)7-3-5-8(6-4-7)14(10,12)13/h3-6H,2H2,1H3. The van der Waals surface area contributed by atoms with Gasteiger partial charge < -0.3 is 0 Å². The summed E-state index contributed by atoms with van der Waals surface area (Å²) in [7, 11) is 1.42. The van der Waals surface area contributed by atoms with Gasteiger partial charge >= 0.3 is 0 Å². The van der Waals surface area contributed by atoms with Crippen molar-refractivity contribution in [3.05, 3.63) is 29.8 Å². The number of carbonyl (C=O) groups is 1. The summed E-state index contributed by atoms with van der Waals surface area (Å²) >= 11 is 0. The van der Waals surface area contributed by atoms with Crippen LogP contribution in [0.4, 0.5) is 0 Å². The van der Waals surface area contributed by atoms with Crippen molar-refractivity contribution in [3.63, 3.8) is 0 Å². The number of benzene rings is 1. The first kappa shape index (κ1) is 11.2. The fourth-order valence-electron chi connectivity index (χ4n) is 1.01. The summed E-state index contributed by atoms with van der Waals surface area (Å²) < 4.78 is 21.7. The van der Waals surface area contributed by atoms with Crippen LogP contribution in [0, 0.1) is 0 Å². The lowest BCUT2D eigenvalue weighted by Crippen LogP contribution is -1.97. The van der Waals surface area contributed by atoms with E-state index in [0.29, 0.717) is 12.0 Å². The van der Waals surface area contributed by atoms with Gasteiger partial charge in [-0.3, -0.25) is 4.79 Å². The highest BCUT2D eigenvalue weighted by Crippen LogP contribution is 2.15. The first-order chi connectivity index (χ1) is 6.45. The molecule has 1 aromatic carbocycles. The van der Waals surface area contributed by atoms with Gasteiger partial charge in [0, 0.05) is 22.7 Å². The Hall–Kier alpha value is -0.870. The molecule has 0 saturated heterocycles. The number of hydrogen-bond acceptors (Lipinski definition) is 3. The van der Waals surface area contributed by atoms with Crippen molar-refractivity contribution < 1.29 is 13.2 Å². The van der Waals surface area contributed by atoms with Crippen LogP contribution in [0.5, 0.6) is 0 Å². The van der Waals surface area contributed by atoms with E-state index in [9.17, 15) is 13.2 Å². The smallest absolute Gasteiger partial charge is 0.261 e. The highest BCUT2D eigenvalue weighted by atomic mass is 35.7. The Morgan fingerprint density at radius 2 is 1.79 bits per heavy atom. The number of hydrogen-bond donors (Lipinski definition) is 0. The predicted octanol–water partition coefficient (Wildman–Crippen LogP) is 2.21. The summed E-state index contributed by atoms with van der Waals surface area (Å²) in [5.41, 5.74) is 0.497. The maximum Gasteiger partial charge on any atom is 0.261 e. The minimum atomic E-state index is -3.69. The third-order valence-electron chi connectivity index (χ3n) is 1.78. The molecule has 14 heavy (non-hydrogen) atoms. The van der Waals surface area contributed by atoms with Crippen LogP contribution in [0.2, 0.25) is 0 Å². The molecule has 0 aromatic heterocycles. The Morgan fingerprint density at radius 1 is 1.29 bits per heavy atom. The molecule has 0 radical (unpaired) electrons. The Morgan fingerprint density at radius 3 is 2.14 bits per heavy atom. The number of carbonyl (C=O) groups excluding carboxylic acids is 1. The lowest BCUT2D eigenvalue weighted by molar-refractivity contribution is 0.0988. The summed E-state index contributed by atoms with van der Waals surface area (Å²) in [5, 5.41) is 0. The van der Waals surface area contributed by atoms with Crippen molar-refractivity contribution in [1.29, 1.82) is 0 Å². The Kier molecular flexibility index (Phi) is 3.29. The van der Waals surface area contributed by atoms with E-state index in [1.807, 2.05) is 0 Å². The molecule has 76 valence electrons. The van der Waals surface area contributed by atoms with E-state index in [0.717, 1.165) is 0 Å². The molecular formula is C9H9ClO3S. The van der Waals surface area contributed by atoms with Gasteiger partial charge in [0.1, 0.15) is 0 Å². The van der Waals surface area contributed by atoms with Crippen LogP contribution in [-0.2, 0) is 9.05 Å². The molecule has 5 heteroatoms. The molecule has 0 N–H and O–H groups in total. The number of ketones is 1. The highest BCUT2D eigenvalue weighted by molar-refractivity contribution is 8.13. The zero-order chi connectivity index (χ0) is 10.8. The molecule has 0 aliphatic rings. The number of rotatable bonds is 3. The average molecular weight is 233 g/mol. The second-order valence-electron chi connectivity index (χ2n) is 2.74. The molecule has 1 rings (SSSR count). The van der Waals surface area contributed by atoms with Gasteiger partial charge in [0.25, 0.3) is 9.05 Å². The van der Waals surface area contributed by atoms with Crippen LogP contribution in [0.15, 0.2) is 29.2 Å². The normalized spacial score (nSPS) is 11.3. The Labute approximate surface area is 87.1 Å². The van der Waals surface area contributed by atoms with E-state index < -0.39 is 9.05 Å². The summed E-state index contributed by atoms with van der Waals surface area (Å²) in [4.78, 5) is 11.2. The van der Waals surface area contributed by atoms with E-state index >= 15 is 0 Å². The lowest BCUT2D eigenvalue weighted by Gasteiger charge is -1.98. The fraction of sp³-hybridized carbons (Fsp3) is 0.222. The minimum absolute atomic E-state index is 0.00631. The average Bonchev–Trinajstić information content (AvgIpc) is 2.15. The van der Waals surface area contributed by atoms with Crippen LogP contribution < -0.4 is 0 Å². The molecule has 0 unspecified atom stereocenters. The zero-order valence-electron chi connectivity index (χ0n) is 7.53. The first-order valence-corrected chi connectivity index (χ1v) is 6.34. The Bertz CT molecular complexity index is 434. The molecule has 0 amide bonds. The van der Waals surface area contributed by atoms with Crippen LogP contribution in [-0.4, -0.2) is 14.2 Å². The quantitative estimate of drug-likeness (QED) is 0.593. The second kappa shape index (κ2) is 4.11. The fourth-order valence-corrected chi connectivity index (χ4v) is 1.78. The van der Waals surface area contributed by atoms with Crippen molar-refractivity contribution in [1.82, 2.24) is 0 Å². The largest absolute Gasteiger partial charge is 0.294 e. The van der Waals surface area contributed by atoms with Gasteiger partial charge in [-0.25, -0.2) is 8.42 Å². The van der Waals surface area contributed by atoms with E-state index in [1.165, 1.54) is 24.3 Å². The topological polar surface area (TPSA) is 51.2 Å². The van der Waals surface area contributed by atoms with Crippen LogP contribution in [0.25, 0.3) is 0 Å². The summed E-state index contributed by atoms with van der Waals surface area (Å²) in [6, 6.07) is 5.57. The van der Waals surface area contributed by atoms with Gasteiger partial charge in [-0.2, -0.15) is 0 Å². The minimum Gasteiger partial charge on any atom is -0.294 e. The Balaban J connectivity index is 3.07. The van der Waals surface area contributed by atoms with E-state index in [4.69, 9.17) is 10.7 Å². The SMILES string of the molecule is CCC(=O)c1ccc(S(=O)(=O)Cl)cc1. The summed E-state index contributed by atoms with van der Waals surface area (Å²) in [6.07, 6.45) is 0.396. The second-order valence-corrected chi connectivity index (χ2v) is 5.30. The molecule has 0 aliphatic carbocycles. The third-order valence-corrected chi connectivity index (χ3v) is 3.15. The third kappa shape index (κ3) is 2.56. The molecule has 0 bridgehead atoms. The maximum atomic E-state index is 11.2. The molecule has 0 fully saturated rings. The molecular weight excluding hydrogens is 224 g/mol. The monoisotopic (exact) mass is 232 g/mol. The van der Waals surface area contributed by atoms with Crippen LogP contribution >= 0.6 is 10.7 Å². The van der Waals surface area contributed by atoms with Crippen molar-refractivity contribution in [2.45, 2.75) is 18.2 Å².